The van der Waals surface area contributed by atoms with Crippen molar-refractivity contribution in [1.82, 2.24) is 4.90 Å². The zero-order chi connectivity index (χ0) is 19.3. The van der Waals surface area contributed by atoms with Crippen LogP contribution in [0.15, 0.2) is 0 Å². The molecule has 0 aromatic rings. The number of carbonyl (C=O) groups is 2. The van der Waals surface area contributed by atoms with Gasteiger partial charge in [-0.05, 0) is 38.6 Å². The molecule has 2 rings (SSSR count). The van der Waals surface area contributed by atoms with Crippen LogP contribution in [0.4, 0.5) is 0 Å². The van der Waals surface area contributed by atoms with Crippen molar-refractivity contribution >= 4 is 11.9 Å². The van der Waals surface area contributed by atoms with Crippen molar-refractivity contribution in [2.75, 3.05) is 32.8 Å². The second-order valence-electron chi connectivity index (χ2n) is 8.20. The normalized spacial score (nSPS) is 19.2. The van der Waals surface area contributed by atoms with Crippen LogP contribution in [0.3, 0.4) is 0 Å². The number of ether oxygens (including phenoxy) is 2. The molecule has 0 radical (unpaired) electrons. The number of hydrogen-bond acceptors (Lipinski definition) is 5. The van der Waals surface area contributed by atoms with E-state index >= 15 is 0 Å². The SMILES string of the molecule is CCCCN(CCOC(=O)C1CCCCC1)CCOC(=O)C1CCCCC1. The van der Waals surface area contributed by atoms with Crippen LogP contribution in [0.1, 0.15) is 84.0 Å². The molecule has 0 atom stereocenters. The molecule has 0 spiro atoms. The van der Waals surface area contributed by atoms with Crippen LogP contribution >= 0.6 is 0 Å². The molecule has 0 aromatic carbocycles. The van der Waals surface area contributed by atoms with Gasteiger partial charge in [-0.15, -0.1) is 0 Å². The molecule has 2 fully saturated rings. The van der Waals surface area contributed by atoms with E-state index in [0.29, 0.717) is 13.2 Å². The number of hydrogen-bond donors (Lipinski definition) is 0. The van der Waals surface area contributed by atoms with E-state index in [1.807, 2.05) is 0 Å². The van der Waals surface area contributed by atoms with Crippen molar-refractivity contribution in [3.05, 3.63) is 0 Å². The highest BCUT2D eigenvalue weighted by Gasteiger charge is 2.23. The molecular formula is C22H39NO4. The maximum absolute atomic E-state index is 12.2. The minimum atomic E-state index is -0.0196. The first-order valence-electron chi connectivity index (χ1n) is 11.3. The fourth-order valence-corrected chi connectivity index (χ4v) is 4.18. The van der Waals surface area contributed by atoms with Gasteiger partial charge in [-0.3, -0.25) is 14.5 Å². The molecular weight excluding hydrogens is 342 g/mol. The van der Waals surface area contributed by atoms with Crippen molar-refractivity contribution in [2.45, 2.75) is 84.0 Å². The van der Waals surface area contributed by atoms with Gasteiger partial charge in [-0.25, -0.2) is 0 Å². The lowest BCUT2D eigenvalue weighted by Gasteiger charge is -2.24. The maximum atomic E-state index is 12.2. The minimum Gasteiger partial charge on any atom is -0.464 e. The molecule has 156 valence electrons. The van der Waals surface area contributed by atoms with E-state index in [-0.39, 0.29) is 23.8 Å². The van der Waals surface area contributed by atoms with E-state index in [4.69, 9.17) is 9.47 Å². The molecule has 5 heteroatoms. The molecule has 0 N–H and O–H groups in total. The van der Waals surface area contributed by atoms with Crippen LogP contribution in [0.25, 0.3) is 0 Å². The Bertz CT molecular complexity index is 392. The molecule has 0 amide bonds. The van der Waals surface area contributed by atoms with Crippen molar-refractivity contribution in [1.29, 1.82) is 0 Å². The molecule has 2 aliphatic carbocycles. The van der Waals surface area contributed by atoms with Gasteiger partial charge in [0, 0.05) is 13.1 Å². The summed E-state index contributed by atoms with van der Waals surface area (Å²) in [6.45, 7) is 5.45. The molecule has 27 heavy (non-hydrogen) atoms. The zero-order valence-electron chi connectivity index (χ0n) is 17.3. The van der Waals surface area contributed by atoms with Gasteiger partial charge in [0.25, 0.3) is 0 Å². The zero-order valence-corrected chi connectivity index (χ0v) is 17.3. The lowest BCUT2D eigenvalue weighted by Crippen LogP contribution is -2.34. The third kappa shape index (κ3) is 8.63. The third-order valence-corrected chi connectivity index (χ3v) is 6.01. The van der Waals surface area contributed by atoms with Gasteiger partial charge in [0.2, 0.25) is 0 Å². The van der Waals surface area contributed by atoms with Gasteiger partial charge in [0.15, 0.2) is 0 Å². The molecule has 5 nitrogen and oxygen atoms in total. The first-order valence-corrected chi connectivity index (χ1v) is 11.3. The van der Waals surface area contributed by atoms with Crippen LogP contribution < -0.4 is 0 Å². The van der Waals surface area contributed by atoms with Gasteiger partial charge in [-0.1, -0.05) is 51.9 Å². The highest BCUT2D eigenvalue weighted by atomic mass is 16.5. The molecule has 0 aromatic heterocycles. The van der Waals surface area contributed by atoms with Crippen molar-refractivity contribution < 1.29 is 19.1 Å². The van der Waals surface area contributed by atoms with Crippen LogP contribution in [-0.4, -0.2) is 49.7 Å². The Morgan fingerprint density at radius 1 is 0.741 bits per heavy atom. The average Bonchev–Trinajstić information content (AvgIpc) is 2.72. The van der Waals surface area contributed by atoms with Gasteiger partial charge in [0.1, 0.15) is 13.2 Å². The second kappa shape index (κ2) is 13.1. The first kappa shape index (κ1) is 22.2. The molecule has 0 aliphatic heterocycles. The summed E-state index contributed by atoms with van der Waals surface area (Å²) in [7, 11) is 0. The molecule has 2 saturated carbocycles. The Morgan fingerprint density at radius 3 is 1.59 bits per heavy atom. The average molecular weight is 382 g/mol. The van der Waals surface area contributed by atoms with E-state index < -0.39 is 0 Å². The summed E-state index contributed by atoms with van der Waals surface area (Å²) in [6.07, 6.45) is 13.2. The number of rotatable bonds is 11. The smallest absolute Gasteiger partial charge is 0.308 e. The summed E-state index contributed by atoms with van der Waals surface area (Å²) in [5.74, 6) is 0.182. The second-order valence-corrected chi connectivity index (χ2v) is 8.20. The van der Waals surface area contributed by atoms with Crippen molar-refractivity contribution in [3.8, 4) is 0 Å². The highest BCUT2D eigenvalue weighted by molar-refractivity contribution is 5.72. The molecule has 0 unspecified atom stereocenters. The molecule has 0 bridgehead atoms. The predicted octanol–water partition coefficient (Wildman–Crippen LogP) is 4.34. The largest absolute Gasteiger partial charge is 0.464 e. The van der Waals surface area contributed by atoms with E-state index in [2.05, 4.69) is 11.8 Å². The molecule has 0 saturated heterocycles. The Labute approximate surface area is 165 Å². The van der Waals surface area contributed by atoms with E-state index in [9.17, 15) is 9.59 Å². The highest BCUT2D eigenvalue weighted by Crippen LogP contribution is 2.25. The fraction of sp³-hybridized carbons (Fsp3) is 0.909. The summed E-state index contributed by atoms with van der Waals surface area (Å²) in [4.78, 5) is 26.6. The summed E-state index contributed by atoms with van der Waals surface area (Å²) >= 11 is 0. The van der Waals surface area contributed by atoms with Gasteiger partial charge in [-0.2, -0.15) is 0 Å². The van der Waals surface area contributed by atoms with Gasteiger partial charge >= 0.3 is 11.9 Å². The summed E-state index contributed by atoms with van der Waals surface area (Å²) in [6, 6.07) is 0. The third-order valence-electron chi connectivity index (χ3n) is 6.01. The van der Waals surface area contributed by atoms with E-state index in [0.717, 1.165) is 83.8 Å². The summed E-state index contributed by atoms with van der Waals surface area (Å²) in [5, 5.41) is 0. The Kier molecular flexibility index (Phi) is 10.8. The van der Waals surface area contributed by atoms with Crippen LogP contribution in [0.2, 0.25) is 0 Å². The Balaban J connectivity index is 1.64. The number of nitrogens with zero attached hydrogens (tertiary/aromatic N) is 1. The molecule has 2 aliphatic rings. The summed E-state index contributed by atoms with van der Waals surface area (Å²) in [5.41, 5.74) is 0. The van der Waals surface area contributed by atoms with Crippen LogP contribution in [0.5, 0.6) is 0 Å². The van der Waals surface area contributed by atoms with Gasteiger partial charge < -0.3 is 9.47 Å². The molecule has 0 heterocycles. The van der Waals surface area contributed by atoms with Crippen molar-refractivity contribution in [2.24, 2.45) is 11.8 Å². The summed E-state index contributed by atoms with van der Waals surface area (Å²) < 4.78 is 11.1. The number of unbranched alkanes of at least 4 members (excludes halogenated alkanes) is 1. The lowest BCUT2D eigenvalue weighted by atomic mass is 9.89. The quantitative estimate of drug-likeness (QED) is 0.499. The Hall–Kier alpha value is -1.10. The van der Waals surface area contributed by atoms with Crippen LogP contribution in [0, 0.1) is 11.8 Å². The maximum Gasteiger partial charge on any atom is 0.308 e. The predicted molar refractivity (Wildman–Crippen MR) is 106 cm³/mol. The monoisotopic (exact) mass is 381 g/mol. The van der Waals surface area contributed by atoms with Crippen LogP contribution in [-0.2, 0) is 19.1 Å². The minimum absolute atomic E-state index is 0.0196. The van der Waals surface area contributed by atoms with Crippen molar-refractivity contribution in [3.63, 3.8) is 0 Å². The van der Waals surface area contributed by atoms with E-state index in [1.54, 1.807) is 0 Å². The number of carbonyl (C=O) groups excluding carboxylic acids is 2. The first-order chi connectivity index (χ1) is 13.2. The Morgan fingerprint density at radius 2 is 1.19 bits per heavy atom. The lowest BCUT2D eigenvalue weighted by molar-refractivity contribution is -0.150. The van der Waals surface area contributed by atoms with E-state index in [1.165, 1.54) is 12.8 Å². The topological polar surface area (TPSA) is 55.8 Å². The standard InChI is InChI=1S/C22H39NO4/c1-2-3-14-23(15-17-26-21(24)19-10-6-4-7-11-19)16-18-27-22(25)20-12-8-5-9-13-20/h19-20H,2-18H2,1H3. The van der Waals surface area contributed by atoms with Gasteiger partial charge in [0.05, 0.1) is 11.8 Å². The fourth-order valence-electron chi connectivity index (χ4n) is 4.18. The number of esters is 2.